The summed E-state index contributed by atoms with van der Waals surface area (Å²) in [6, 6.07) is 0. The summed E-state index contributed by atoms with van der Waals surface area (Å²) in [7, 11) is 0. The predicted octanol–water partition coefficient (Wildman–Crippen LogP) is -0.610. The molecule has 0 amide bonds. The molecule has 0 aromatic carbocycles. The summed E-state index contributed by atoms with van der Waals surface area (Å²) in [4.78, 5) is 0. The van der Waals surface area contributed by atoms with E-state index in [0.717, 1.165) is 0 Å². The highest BCUT2D eigenvalue weighted by Crippen LogP contribution is 1.41. The Bertz CT molecular complexity index is 6.00. The monoisotopic (exact) mass is 58.1 g/mol. The number of rotatable bonds is 1. The zero-order valence-electron chi connectivity index (χ0n) is 2.36. The second-order valence-corrected chi connectivity index (χ2v) is 0.440. The molecule has 0 unspecified atom stereocenters. The van der Waals surface area contributed by atoms with Crippen molar-refractivity contribution in [3.05, 3.63) is 6.54 Å². The lowest BCUT2D eigenvalue weighted by Crippen LogP contribution is -1.94. The summed E-state index contributed by atoms with van der Waals surface area (Å²) in [6.07, 6.45) is 0. The van der Waals surface area contributed by atoms with Crippen molar-refractivity contribution in [1.29, 1.82) is 0 Å². The van der Waals surface area contributed by atoms with Gasteiger partial charge in [0.15, 0.2) is 0 Å². The Kier molecular flexibility index (Phi) is 2.86. The van der Waals surface area contributed by atoms with Gasteiger partial charge in [-0.3, -0.25) is 5.73 Å². The molecular weight excluding hydrogens is 52.0 g/mol. The summed E-state index contributed by atoms with van der Waals surface area (Å²) >= 11 is 0. The van der Waals surface area contributed by atoms with Crippen LogP contribution in [0.4, 0.5) is 0 Å². The summed E-state index contributed by atoms with van der Waals surface area (Å²) in [5, 5.41) is 0. The molecule has 24 valence electrons. The van der Waals surface area contributed by atoms with Gasteiger partial charge in [0, 0.05) is 13.1 Å². The second-order valence-electron chi connectivity index (χ2n) is 0.440. The predicted molar refractivity (Wildman–Crippen MR) is 16.5 cm³/mol. The van der Waals surface area contributed by atoms with Crippen molar-refractivity contribution in [3.8, 4) is 0 Å². The number of nitrogens with one attached hydrogen (secondary N) is 1. The van der Waals surface area contributed by atoms with E-state index in [1.807, 2.05) is 0 Å². The van der Waals surface area contributed by atoms with Gasteiger partial charge in [-0.15, -0.1) is 0 Å². The van der Waals surface area contributed by atoms with Crippen molar-refractivity contribution in [2.24, 2.45) is 5.73 Å². The van der Waals surface area contributed by atoms with Crippen LogP contribution in [0.25, 0.3) is 0 Å². The lowest BCUT2D eigenvalue weighted by molar-refractivity contribution is 1.07. The van der Waals surface area contributed by atoms with Gasteiger partial charge in [-0.05, 0) is 0 Å². The van der Waals surface area contributed by atoms with Gasteiger partial charge in [-0.1, -0.05) is 0 Å². The average Bonchev–Trinajstić information content (AvgIpc) is 1.37. The number of nitrogens with two attached hydrogens (primary N) is 1. The Balaban J connectivity index is 1.97. The number of hydrogen-bond acceptors (Lipinski definition) is 1. The Hall–Kier alpha value is -0.0800. The molecule has 2 radical (unpaired) electrons. The van der Waals surface area contributed by atoms with Crippen molar-refractivity contribution >= 4 is 0 Å². The maximum absolute atomic E-state index is 6.27. The molecule has 0 aliphatic carbocycles. The van der Waals surface area contributed by atoms with Gasteiger partial charge in [0.25, 0.3) is 0 Å². The molecule has 0 aromatic heterocycles. The van der Waals surface area contributed by atoms with Gasteiger partial charge in [-0.25, -0.2) is 0 Å². The maximum atomic E-state index is 6.27. The zero-order valence-corrected chi connectivity index (χ0v) is 2.36. The van der Waals surface area contributed by atoms with Crippen LogP contribution in [0.5, 0.6) is 0 Å². The highest BCUT2D eigenvalue weighted by Gasteiger charge is 1.57. The van der Waals surface area contributed by atoms with Crippen LogP contribution in [-0.2, 0) is 0 Å². The summed E-state index contributed by atoms with van der Waals surface area (Å²) in [5.74, 6) is 0. The Labute approximate surface area is 25.8 Å². The smallest absolute Gasteiger partial charge is 0.0346 e. The van der Waals surface area contributed by atoms with Crippen molar-refractivity contribution in [1.82, 2.24) is 5.73 Å². The minimum absolute atomic E-state index is 0.222. The molecule has 0 saturated heterocycles. The van der Waals surface area contributed by atoms with E-state index >= 15 is 0 Å². The molecule has 0 bridgehead atoms. The quantitative estimate of drug-likeness (QED) is 0.429. The van der Waals surface area contributed by atoms with Crippen LogP contribution >= 0.6 is 0 Å². The van der Waals surface area contributed by atoms with E-state index in [4.69, 9.17) is 11.5 Å². The van der Waals surface area contributed by atoms with Gasteiger partial charge in [0.05, 0.1) is 0 Å². The molecule has 0 aliphatic rings. The van der Waals surface area contributed by atoms with Crippen molar-refractivity contribution in [3.63, 3.8) is 0 Å². The van der Waals surface area contributed by atoms with Crippen LogP contribution in [-0.4, -0.2) is 6.54 Å². The molecule has 2 nitrogen and oxygen atoms in total. The standard InChI is InChI=1S/C2H6N2/c3-1-2-4/h1,4H,2-3H2. The summed E-state index contributed by atoms with van der Waals surface area (Å²) in [5.41, 5.74) is 11.0. The third-order valence-electron chi connectivity index (χ3n) is 0.118. The molecule has 0 saturated carbocycles. The molecule has 0 aromatic rings. The fourth-order valence-electron chi connectivity index (χ4n) is 0. The van der Waals surface area contributed by atoms with E-state index in [0.29, 0.717) is 0 Å². The molecule has 0 spiro atoms. The van der Waals surface area contributed by atoms with E-state index in [-0.39, 0.29) is 6.54 Å². The lowest BCUT2D eigenvalue weighted by atomic mass is 10.7. The minimum Gasteiger partial charge on any atom is -0.325 e. The molecule has 0 fully saturated rings. The van der Waals surface area contributed by atoms with Crippen LogP contribution in [0, 0.1) is 6.54 Å². The minimum atomic E-state index is 0.222. The Morgan fingerprint density at radius 2 is 2.25 bits per heavy atom. The van der Waals surface area contributed by atoms with Crippen molar-refractivity contribution in [2.75, 3.05) is 6.54 Å². The lowest BCUT2D eigenvalue weighted by Gasteiger charge is -1.69. The SMILES string of the molecule is [NH]C[CH]N. The topological polar surface area (TPSA) is 49.8 Å². The van der Waals surface area contributed by atoms with E-state index in [1.165, 1.54) is 6.54 Å². The molecule has 0 rings (SSSR count). The first kappa shape index (κ1) is 3.92. The normalized spacial score (nSPS) is 7.50. The average molecular weight is 58.1 g/mol. The first-order valence-electron chi connectivity index (χ1n) is 1.10. The second kappa shape index (κ2) is 2.92. The first-order valence-corrected chi connectivity index (χ1v) is 1.10. The van der Waals surface area contributed by atoms with Crippen LogP contribution in [0.3, 0.4) is 0 Å². The number of hydrogen-bond donors (Lipinski definition) is 1. The zero-order chi connectivity index (χ0) is 3.41. The Morgan fingerprint density at radius 1 is 2.00 bits per heavy atom. The molecule has 0 heterocycles. The van der Waals surface area contributed by atoms with Crippen LogP contribution < -0.4 is 11.5 Å². The van der Waals surface area contributed by atoms with E-state index in [2.05, 4.69) is 0 Å². The molecule has 0 aliphatic heterocycles. The molecule has 4 heavy (non-hydrogen) atoms. The van der Waals surface area contributed by atoms with Gasteiger partial charge < -0.3 is 5.73 Å². The molecule has 2 heteroatoms. The highest BCUT2D eigenvalue weighted by atomic mass is 14.6. The Morgan fingerprint density at radius 3 is 2.25 bits per heavy atom. The van der Waals surface area contributed by atoms with E-state index in [1.54, 1.807) is 0 Å². The van der Waals surface area contributed by atoms with E-state index in [9.17, 15) is 0 Å². The summed E-state index contributed by atoms with van der Waals surface area (Å²) in [6.45, 7) is 1.51. The van der Waals surface area contributed by atoms with Crippen LogP contribution in [0.2, 0.25) is 0 Å². The van der Waals surface area contributed by atoms with Gasteiger partial charge in [0.2, 0.25) is 0 Å². The first-order chi connectivity index (χ1) is 1.91. The van der Waals surface area contributed by atoms with Crippen LogP contribution in [0.15, 0.2) is 0 Å². The van der Waals surface area contributed by atoms with Crippen molar-refractivity contribution in [2.45, 2.75) is 0 Å². The third-order valence-corrected chi connectivity index (χ3v) is 0.118. The largest absolute Gasteiger partial charge is 0.325 e. The van der Waals surface area contributed by atoms with Crippen molar-refractivity contribution < 1.29 is 0 Å². The summed E-state index contributed by atoms with van der Waals surface area (Å²) < 4.78 is 0. The van der Waals surface area contributed by atoms with Crippen LogP contribution in [0.1, 0.15) is 0 Å². The molecular formula is C2H6N2. The van der Waals surface area contributed by atoms with Gasteiger partial charge >= 0.3 is 0 Å². The molecule has 0 atom stereocenters. The van der Waals surface area contributed by atoms with E-state index < -0.39 is 0 Å². The van der Waals surface area contributed by atoms with Gasteiger partial charge in [0.1, 0.15) is 0 Å². The maximum Gasteiger partial charge on any atom is 0.0346 e. The van der Waals surface area contributed by atoms with Gasteiger partial charge in [-0.2, -0.15) is 0 Å². The highest BCUT2D eigenvalue weighted by molar-refractivity contribution is 4.47. The molecule has 3 N–H and O–H groups in total. The third kappa shape index (κ3) is 1.92. The fraction of sp³-hybridized carbons (Fsp3) is 0.500. The fourth-order valence-corrected chi connectivity index (χ4v) is 0.